The Bertz CT molecular complexity index is 397. The third kappa shape index (κ3) is 5.28. The Morgan fingerprint density at radius 2 is 2.00 bits per heavy atom. The molecule has 1 heterocycles. The molecule has 0 saturated heterocycles. The zero-order chi connectivity index (χ0) is 15.0. The molecule has 0 atom stereocenters. The van der Waals surface area contributed by atoms with Crippen molar-refractivity contribution in [3.8, 4) is 0 Å². The van der Waals surface area contributed by atoms with Crippen molar-refractivity contribution >= 4 is 11.8 Å². The van der Waals surface area contributed by atoms with Crippen LogP contribution in [-0.2, 0) is 0 Å². The van der Waals surface area contributed by atoms with Crippen molar-refractivity contribution in [2.45, 2.75) is 26.7 Å². The Balaban J connectivity index is 2.73. The highest BCUT2D eigenvalue weighted by Crippen LogP contribution is 2.17. The van der Waals surface area contributed by atoms with E-state index in [-0.39, 0.29) is 5.82 Å². The van der Waals surface area contributed by atoms with E-state index in [0.29, 0.717) is 11.8 Å². The molecular weight excluding hydrogens is 257 g/mol. The smallest absolute Gasteiger partial charge is 0.224 e. The van der Waals surface area contributed by atoms with Gasteiger partial charge in [0.2, 0.25) is 5.95 Å². The van der Waals surface area contributed by atoms with Gasteiger partial charge in [-0.1, -0.05) is 6.92 Å². The minimum Gasteiger partial charge on any atom is -0.354 e. The number of hydrogen-bond acceptors (Lipinski definition) is 5. The summed E-state index contributed by atoms with van der Waals surface area (Å²) in [6.45, 7) is 7.36. The zero-order valence-electron chi connectivity index (χ0n) is 13.0. The van der Waals surface area contributed by atoms with Gasteiger partial charge < -0.3 is 15.1 Å². The first kappa shape index (κ1) is 16.6. The summed E-state index contributed by atoms with van der Waals surface area (Å²) < 4.78 is 13.9. The monoisotopic (exact) mass is 283 g/mol. The van der Waals surface area contributed by atoms with Crippen LogP contribution in [0.2, 0.25) is 0 Å². The van der Waals surface area contributed by atoms with Crippen LogP contribution in [0.25, 0.3) is 0 Å². The van der Waals surface area contributed by atoms with Gasteiger partial charge >= 0.3 is 0 Å². The molecule has 0 fully saturated rings. The van der Waals surface area contributed by atoms with Gasteiger partial charge in [0, 0.05) is 19.6 Å². The normalized spacial score (nSPS) is 10.9. The molecule has 0 bridgehead atoms. The van der Waals surface area contributed by atoms with E-state index in [1.807, 2.05) is 25.9 Å². The highest BCUT2D eigenvalue weighted by molar-refractivity contribution is 5.43. The molecule has 0 aromatic carbocycles. The van der Waals surface area contributed by atoms with Crippen LogP contribution in [0, 0.1) is 5.82 Å². The molecule has 1 rings (SSSR count). The van der Waals surface area contributed by atoms with E-state index in [1.165, 1.54) is 6.20 Å². The lowest BCUT2D eigenvalue weighted by Crippen LogP contribution is -2.29. The van der Waals surface area contributed by atoms with E-state index in [1.54, 1.807) is 0 Å². The maximum absolute atomic E-state index is 13.9. The van der Waals surface area contributed by atoms with Crippen molar-refractivity contribution in [2.24, 2.45) is 0 Å². The number of aromatic nitrogens is 2. The number of nitrogens with one attached hydrogen (secondary N) is 1. The van der Waals surface area contributed by atoms with Crippen LogP contribution in [-0.4, -0.2) is 55.1 Å². The predicted octanol–water partition coefficient (Wildman–Crippen LogP) is 2.22. The molecule has 0 radical (unpaired) electrons. The van der Waals surface area contributed by atoms with Crippen LogP contribution in [0.5, 0.6) is 0 Å². The van der Waals surface area contributed by atoms with Crippen LogP contribution >= 0.6 is 0 Å². The molecule has 6 heteroatoms. The van der Waals surface area contributed by atoms with Crippen molar-refractivity contribution in [1.29, 1.82) is 0 Å². The molecule has 0 amide bonds. The van der Waals surface area contributed by atoms with Gasteiger partial charge in [0.05, 0.1) is 6.20 Å². The molecule has 1 aromatic heterocycles. The quantitative estimate of drug-likeness (QED) is 0.753. The molecule has 0 saturated carbocycles. The summed E-state index contributed by atoms with van der Waals surface area (Å²) >= 11 is 0. The first-order chi connectivity index (χ1) is 9.58. The lowest BCUT2D eigenvalue weighted by atomic mass is 10.3. The van der Waals surface area contributed by atoms with E-state index >= 15 is 0 Å². The molecule has 0 unspecified atom stereocenters. The van der Waals surface area contributed by atoms with Gasteiger partial charge in [0.15, 0.2) is 11.6 Å². The fraction of sp³-hybridized carbons (Fsp3) is 0.714. The largest absolute Gasteiger partial charge is 0.354 e. The van der Waals surface area contributed by atoms with Crippen LogP contribution in [0.4, 0.5) is 16.2 Å². The molecule has 20 heavy (non-hydrogen) atoms. The zero-order valence-corrected chi connectivity index (χ0v) is 13.0. The topological polar surface area (TPSA) is 44.3 Å². The summed E-state index contributed by atoms with van der Waals surface area (Å²) in [4.78, 5) is 12.3. The van der Waals surface area contributed by atoms with Gasteiger partial charge in [-0.15, -0.1) is 0 Å². The lowest BCUT2D eigenvalue weighted by Gasteiger charge is -2.23. The molecule has 1 aromatic rings. The molecule has 0 spiro atoms. The Morgan fingerprint density at radius 1 is 1.25 bits per heavy atom. The Hall–Kier alpha value is -1.43. The minimum absolute atomic E-state index is 0.362. The van der Waals surface area contributed by atoms with Gasteiger partial charge in [-0.2, -0.15) is 4.98 Å². The maximum atomic E-state index is 13.9. The summed E-state index contributed by atoms with van der Waals surface area (Å²) in [6, 6.07) is 0. The third-order valence-electron chi connectivity index (χ3n) is 2.97. The molecular formula is C14H26FN5. The van der Waals surface area contributed by atoms with Crippen LogP contribution in [0.15, 0.2) is 6.20 Å². The van der Waals surface area contributed by atoms with Crippen molar-refractivity contribution in [2.75, 3.05) is 50.5 Å². The fourth-order valence-corrected chi connectivity index (χ4v) is 1.89. The Kier molecular flexibility index (Phi) is 7.22. The number of nitrogens with zero attached hydrogens (tertiary/aromatic N) is 4. The van der Waals surface area contributed by atoms with E-state index in [0.717, 1.165) is 39.0 Å². The maximum Gasteiger partial charge on any atom is 0.224 e. The van der Waals surface area contributed by atoms with Gasteiger partial charge in [0.25, 0.3) is 0 Å². The van der Waals surface area contributed by atoms with E-state index in [9.17, 15) is 4.39 Å². The van der Waals surface area contributed by atoms with Crippen molar-refractivity contribution in [3.63, 3.8) is 0 Å². The number of anilines is 2. The highest BCUT2D eigenvalue weighted by atomic mass is 19.1. The fourth-order valence-electron chi connectivity index (χ4n) is 1.89. The van der Waals surface area contributed by atoms with Crippen molar-refractivity contribution < 1.29 is 4.39 Å². The van der Waals surface area contributed by atoms with Crippen LogP contribution in [0.1, 0.15) is 26.7 Å². The summed E-state index contributed by atoms with van der Waals surface area (Å²) in [5.41, 5.74) is 0. The van der Waals surface area contributed by atoms with Crippen molar-refractivity contribution in [1.82, 2.24) is 14.9 Å². The summed E-state index contributed by atoms with van der Waals surface area (Å²) in [7, 11) is 4.07. The van der Waals surface area contributed by atoms with Crippen LogP contribution in [0.3, 0.4) is 0 Å². The lowest BCUT2D eigenvalue weighted by molar-refractivity contribution is 0.400. The summed E-state index contributed by atoms with van der Waals surface area (Å²) in [5.74, 6) is 0.521. The van der Waals surface area contributed by atoms with Crippen LogP contribution < -0.4 is 10.2 Å². The average Bonchev–Trinajstić information content (AvgIpc) is 2.43. The Morgan fingerprint density at radius 3 is 2.60 bits per heavy atom. The molecule has 114 valence electrons. The summed E-state index contributed by atoms with van der Waals surface area (Å²) in [6.07, 6.45) is 3.20. The number of rotatable bonds is 9. The van der Waals surface area contributed by atoms with E-state index in [2.05, 4.69) is 27.1 Å². The number of halogens is 1. The summed E-state index contributed by atoms with van der Waals surface area (Å²) in [5, 5.41) is 3.09. The Labute approximate surface area is 121 Å². The first-order valence-corrected chi connectivity index (χ1v) is 7.24. The third-order valence-corrected chi connectivity index (χ3v) is 2.97. The molecule has 0 aliphatic rings. The van der Waals surface area contributed by atoms with E-state index in [4.69, 9.17) is 0 Å². The van der Waals surface area contributed by atoms with Gasteiger partial charge in [-0.25, -0.2) is 9.37 Å². The van der Waals surface area contributed by atoms with Crippen molar-refractivity contribution in [3.05, 3.63) is 12.0 Å². The second kappa shape index (κ2) is 8.68. The molecule has 5 nitrogen and oxygen atoms in total. The van der Waals surface area contributed by atoms with Gasteiger partial charge in [0.1, 0.15) is 0 Å². The highest BCUT2D eigenvalue weighted by Gasteiger charge is 2.13. The standard InChI is InChI=1S/C14H26FN5/c1-5-8-16-14-17-11-12(15)13(18-14)20(6-2)10-7-9-19(3)4/h11H,5-10H2,1-4H3,(H,16,17,18). The predicted molar refractivity (Wildman–Crippen MR) is 81.8 cm³/mol. The average molecular weight is 283 g/mol. The second-order valence-corrected chi connectivity index (χ2v) is 5.03. The van der Waals surface area contributed by atoms with E-state index < -0.39 is 0 Å². The molecule has 1 N–H and O–H groups in total. The number of hydrogen-bond donors (Lipinski definition) is 1. The first-order valence-electron chi connectivity index (χ1n) is 7.24. The molecule has 0 aliphatic carbocycles. The molecule has 0 aliphatic heterocycles. The minimum atomic E-state index is -0.362. The SMILES string of the molecule is CCCNc1ncc(F)c(N(CC)CCCN(C)C)n1. The van der Waals surface area contributed by atoms with Gasteiger partial charge in [-0.3, -0.25) is 0 Å². The van der Waals surface area contributed by atoms with Gasteiger partial charge in [-0.05, 0) is 40.4 Å². The second-order valence-electron chi connectivity index (χ2n) is 5.03.